The molecule has 0 saturated heterocycles. The van der Waals surface area contributed by atoms with Crippen molar-refractivity contribution in [3.8, 4) is 5.75 Å². The van der Waals surface area contributed by atoms with Crippen LogP contribution < -0.4 is 4.74 Å². The average molecular weight is 304 g/mol. The van der Waals surface area contributed by atoms with Crippen molar-refractivity contribution in [3.05, 3.63) is 26.8 Å². The number of hydrogen-bond acceptors (Lipinski definition) is 2. The van der Waals surface area contributed by atoms with Crippen molar-refractivity contribution < 1.29 is 9.84 Å². The number of aliphatic hydroxyl groups excluding tert-OH is 1. The highest BCUT2D eigenvalue weighted by Gasteiger charge is 2.20. The topological polar surface area (TPSA) is 29.5 Å². The molecule has 0 aliphatic carbocycles. The molecule has 0 unspecified atom stereocenters. The van der Waals surface area contributed by atoms with Gasteiger partial charge in [0.15, 0.2) is 0 Å². The summed E-state index contributed by atoms with van der Waals surface area (Å²) >= 11 is 2.28. The third kappa shape index (κ3) is 1.75. The van der Waals surface area contributed by atoms with Crippen molar-refractivity contribution in [2.45, 2.75) is 25.9 Å². The van der Waals surface area contributed by atoms with Crippen molar-refractivity contribution >= 4 is 22.6 Å². The summed E-state index contributed by atoms with van der Waals surface area (Å²) in [6.45, 7) is 2.73. The minimum absolute atomic E-state index is 0.392. The predicted octanol–water partition coefficient (Wildman–Crippen LogP) is 2.67. The number of benzene rings is 1. The van der Waals surface area contributed by atoms with Gasteiger partial charge >= 0.3 is 0 Å². The van der Waals surface area contributed by atoms with Crippen molar-refractivity contribution in [3.63, 3.8) is 0 Å². The Morgan fingerprint density at radius 1 is 1.57 bits per heavy atom. The van der Waals surface area contributed by atoms with Crippen LogP contribution in [0.5, 0.6) is 5.75 Å². The first-order valence-electron chi connectivity index (χ1n) is 4.85. The number of rotatable bonds is 2. The summed E-state index contributed by atoms with van der Waals surface area (Å²) in [5, 5.41) is 9.83. The molecule has 14 heavy (non-hydrogen) atoms. The molecule has 1 aliphatic rings. The highest BCUT2D eigenvalue weighted by atomic mass is 127. The fourth-order valence-corrected chi connectivity index (χ4v) is 2.48. The van der Waals surface area contributed by atoms with E-state index in [2.05, 4.69) is 28.7 Å². The molecule has 0 bridgehead atoms. The molecule has 1 aliphatic heterocycles. The smallest absolute Gasteiger partial charge is 0.128 e. The summed E-state index contributed by atoms with van der Waals surface area (Å²) in [5.74, 6) is 0.916. The zero-order chi connectivity index (χ0) is 10.1. The maximum Gasteiger partial charge on any atom is 0.128 e. The Morgan fingerprint density at radius 2 is 2.36 bits per heavy atom. The molecule has 0 fully saturated rings. The van der Waals surface area contributed by atoms with Gasteiger partial charge in [0.2, 0.25) is 0 Å². The van der Waals surface area contributed by atoms with E-state index in [9.17, 15) is 5.11 Å². The van der Waals surface area contributed by atoms with Crippen LogP contribution in [0.15, 0.2) is 12.1 Å². The van der Waals surface area contributed by atoms with Crippen LogP contribution in [0.3, 0.4) is 0 Å². The van der Waals surface area contributed by atoms with Gasteiger partial charge in [-0.3, -0.25) is 0 Å². The Kier molecular flexibility index (Phi) is 2.97. The molecule has 0 saturated carbocycles. The Morgan fingerprint density at radius 3 is 3.07 bits per heavy atom. The first-order valence-corrected chi connectivity index (χ1v) is 5.93. The maximum atomic E-state index is 9.83. The van der Waals surface area contributed by atoms with Crippen LogP contribution in [0.1, 0.15) is 30.6 Å². The highest BCUT2D eigenvalue weighted by molar-refractivity contribution is 14.1. The Bertz CT molecular complexity index is 349. The number of aliphatic hydroxyl groups is 1. The van der Waals surface area contributed by atoms with Gasteiger partial charge < -0.3 is 9.84 Å². The molecule has 0 radical (unpaired) electrons. The third-order valence-corrected chi connectivity index (χ3v) is 3.15. The largest absolute Gasteiger partial charge is 0.493 e. The highest BCUT2D eigenvalue weighted by Crippen LogP contribution is 2.36. The fourth-order valence-electron chi connectivity index (χ4n) is 1.77. The Labute approximate surface area is 97.4 Å². The number of fused-ring (bicyclic) bond motifs is 1. The van der Waals surface area contributed by atoms with Crippen LogP contribution in [0, 0.1) is 3.57 Å². The van der Waals surface area contributed by atoms with Crippen molar-refractivity contribution in [2.24, 2.45) is 0 Å². The van der Waals surface area contributed by atoms with Crippen LogP contribution in [0.2, 0.25) is 0 Å². The molecular weight excluding hydrogens is 291 g/mol. The second-order valence-corrected chi connectivity index (χ2v) is 4.75. The molecule has 0 spiro atoms. The summed E-state index contributed by atoms with van der Waals surface area (Å²) in [4.78, 5) is 0. The van der Waals surface area contributed by atoms with Gasteiger partial charge in [0.25, 0.3) is 0 Å². The van der Waals surface area contributed by atoms with Gasteiger partial charge in [-0.25, -0.2) is 0 Å². The quantitative estimate of drug-likeness (QED) is 0.851. The van der Waals surface area contributed by atoms with Gasteiger partial charge in [0.05, 0.1) is 12.7 Å². The molecule has 1 heterocycles. The van der Waals surface area contributed by atoms with Gasteiger partial charge in [-0.2, -0.15) is 0 Å². The van der Waals surface area contributed by atoms with Crippen molar-refractivity contribution in [1.82, 2.24) is 0 Å². The van der Waals surface area contributed by atoms with Gasteiger partial charge in [-0.05, 0) is 46.7 Å². The number of hydrogen-bond donors (Lipinski definition) is 1. The van der Waals surface area contributed by atoms with Crippen LogP contribution in [-0.2, 0) is 6.42 Å². The van der Waals surface area contributed by atoms with Gasteiger partial charge in [-0.1, -0.05) is 6.92 Å². The lowest BCUT2D eigenvalue weighted by Crippen LogP contribution is -1.99. The molecule has 76 valence electrons. The van der Waals surface area contributed by atoms with Crippen LogP contribution >= 0.6 is 22.6 Å². The van der Waals surface area contributed by atoms with E-state index < -0.39 is 6.10 Å². The molecular formula is C11H13IO2. The third-order valence-electron chi connectivity index (χ3n) is 2.52. The Hall–Kier alpha value is -0.290. The number of halogens is 1. The minimum Gasteiger partial charge on any atom is -0.493 e. The molecule has 0 amide bonds. The summed E-state index contributed by atoms with van der Waals surface area (Å²) < 4.78 is 6.72. The zero-order valence-electron chi connectivity index (χ0n) is 8.09. The fraction of sp³-hybridized carbons (Fsp3) is 0.455. The Balaban J connectivity index is 2.48. The molecule has 1 aromatic carbocycles. The summed E-state index contributed by atoms with van der Waals surface area (Å²) in [6, 6.07) is 4.15. The maximum absolute atomic E-state index is 9.83. The van der Waals surface area contributed by atoms with Crippen LogP contribution in [0.25, 0.3) is 0 Å². The van der Waals surface area contributed by atoms with E-state index in [1.54, 1.807) is 0 Å². The van der Waals surface area contributed by atoms with E-state index in [0.717, 1.165) is 30.8 Å². The van der Waals surface area contributed by atoms with Crippen LogP contribution in [-0.4, -0.2) is 11.7 Å². The molecule has 1 atom stereocenters. The molecule has 0 aromatic heterocycles. The zero-order valence-corrected chi connectivity index (χ0v) is 10.2. The second-order valence-electron chi connectivity index (χ2n) is 3.51. The van der Waals surface area contributed by atoms with Gasteiger partial charge in [0.1, 0.15) is 5.75 Å². The standard InChI is InChI=1S/C11H13IO2/c1-2-10(13)9-6-8(12)5-7-3-4-14-11(7)9/h5-6,10,13H,2-4H2,1H3/t10-/m0/s1. The minimum atomic E-state index is -0.392. The summed E-state index contributed by atoms with van der Waals surface area (Å²) in [5.41, 5.74) is 2.19. The van der Waals surface area contributed by atoms with Crippen molar-refractivity contribution in [2.75, 3.05) is 6.61 Å². The lowest BCUT2D eigenvalue weighted by atomic mass is 10.0. The van der Waals surface area contributed by atoms with E-state index in [4.69, 9.17) is 4.74 Å². The summed E-state index contributed by atoms with van der Waals surface area (Å²) in [7, 11) is 0. The van der Waals surface area contributed by atoms with E-state index in [-0.39, 0.29) is 0 Å². The normalized spacial score (nSPS) is 16.2. The molecule has 2 nitrogen and oxygen atoms in total. The second kappa shape index (κ2) is 4.06. The molecule has 2 rings (SSSR count). The number of ether oxygens (including phenoxy) is 1. The van der Waals surface area contributed by atoms with Crippen LogP contribution in [0.4, 0.5) is 0 Å². The van der Waals surface area contributed by atoms with Gasteiger partial charge in [-0.15, -0.1) is 0 Å². The SMILES string of the molecule is CC[C@H](O)c1cc(I)cc2c1OCC2. The van der Waals surface area contributed by atoms with E-state index in [1.807, 2.05) is 13.0 Å². The van der Waals surface area contributed by atoms with Crippen molar-refractivity contribution in [1.29, 1.82) is 0 Å². The van der Waals surface area contributed by atoms with Gasteiger partial charge in [0, 0.05) is 15.6 Å². The monoisotopic (exact) mass is 304 g/mol. The summed E-state index contributed by atoms with van der Waals surface area (Å²) in [6.07, 6.45) is 1.31. The molecule has 3 heteroatoms. The van der Waals surface area contributed by atoms with E-state index in [0.29, 0.717) is 0 Å². The predicted molar refractivity (Wildman–Crippen MR) is 63.6 cm³/mol. The first kappa shape index (κ1) is 10.2. The van der Waals surface area contributed by atoms with E-state index in [1.165, 1.54) is 9.13 Å². The lowest BCUT2D eigenvalue weighted by molar-refractivity contribution is 0.169. The lowest BCUT2D eigenvalue weighted by Gasteiger charge is -2.13. The first-order chi connectivity index (χ1) is 6.72. The van der Waals surface area contributed by atoms with E-state index >= 15 is 0 Å². The molecule has 1 N–H and O–H groups in total. The molecule has 1 aromatic rings. The average Bonchev–Trinajstić information content (AvgIpc) is 2.62.